The lowest BCUT2D eigenvalue weighted by Gasteiger charge is -2.07. The van der Waals surface area contributed by atoms with Crippen LogP contribution in [0.5, 0.6) is 0 Å². The average Bonchev–Trinajstić information content (AvgIpc) is 2.49. The molecule has 4 heteroatoms. The van der Waals surface area contributed by atoms with Crippen molar-refractivity contribution < 1.29 is 4.39 Å². The molecule has 0 amide bonds. The second kappa shape index (κ2) is 2.05. The lowest BCUT2D eigenvalue weighted by Crippen LogP contribution is -2.08. The fraction of sp³-hybridized carbons (Fsp3) is 0.667. The number of aromatic amines is 1. The molecule has 1 aromatic heterocycles. The number of aromatic nitrogens is 2. The second-order valence-corrected chi connectivity index (χ2v) is 4.25. The third kappa shape index (κ3) is 0.759. The summed E-state index contributed by atoms with van der Waals surface area (Å²) >= 11 is 0. The summed E-state index contributed by atoms with van der Waals surface area (Å²) in [4.78, 5) is 0. The molecule has 0 aliphatic heterocycles. The number of H-pyrrole nitrogens is 1. The van der Waals surface area contributed by atoms with Crippen LogP contribution in [-0.4, -0.2) is 10.2 Å². The van der Waals surface area contributed by atoms with Crippen LogP contribution in [0.15, 0.2) is 0 Å². The van der Waals surface area contributed by atoms with E-state index >= 15 is 0 Å². The first kappa shape index (κ1) is 7.35. The molecule has 3 N–H and O–H groups in total. The van der Waals surface area contributed by atoms with Crippen molar-refractivity contribution in [1.82, 2.24) is 10.2 Å². The van der Waals surface area contributed by atoms with Crippen LogP contribution < -0.4 is 5.73 Å². The quantitative estimate of drug-likeness (QED) is 0.691. The number of nitrogens with one attached hydrogen (secondary N) is 1. The highest BCUT2D eigenvalue weighted by Gasteiger charge is 2.60. The van der Waals surface area contributed by atoms with Gasteiger partial charge in [-0.05, 0) is 25.2 Å². The normalized spacial score (nSPS) is 36.2. The lowest BCUT2D eigenvalue weighted by atomic mass is 9.99. The predicted octanol–water partition coefficient (Wildman–Crippen LogP) is 1.57. The minimum absolute atomic E-state index is 0.0157. The highest BCUT2D eigenvalue weighted by molar-refractivity contribution is 5.40. The van der Waals surface area contributed by atoms with Gasteiger partial charge in [0.1, 0.15) is 0 Å². The van der Waals surface area contributed by atoms with E-state index in [9.17, 15) is 4.39 Å². The zero-order valence-corrected chi connectivity index (χ0v) is 7.31. The molecule has 2 aliphatic carbocycles. The minimum atomic E-state index is -0.315. The Kier molecular flexibility index (Phi) is 1.16. The monoisotopic (exact) mass is 181 g/mol. The van der Waals surface area contributed by atoms with Gasteiger partial charge in [0.05, 0.1) is 5.69 Å². The van der Waals surface area contributed by atoms with E-state index in [1.807, 2.05) is 0 Å². The molecule has 1 heterocycles. The molecule has 1 aromatic rings. The van der Waals surface area contributed by atoms with Crippen LogP contribution in [0.3, 0.4) is 0 Å². The summed E-state index contributed by atoms with van der Waals surface area (Å²) in [5.41, 5.74) is 6.12. The number of halogens is 1. The highest BCUT2D eigenvalue weighted by Crippen LogP contribution is 2.64. The van der Waals surface area contributed by atoms with Gasteiger partial charge in [0.15, 0.2) is 11.6 Å². The number of nitrogen functional groups attached to an aromatic ring is 1. The van der Waals surface area contributed by atoms with Crippen molar-refractivity contribution in [3.63, 3.8) is 0 Å². The highest BCUT2D eigenvalue weighted by atomic mass is 19.1. The Bertz CT molecular complexity index is 360. The Morgan fingerprint density at radius 1 is 1.62 bits per heavy atom. The first-order valence-electron chi connectivity index (χ1n) is 4.74. The van der Waals surface area contributed by atoms with Gasteiger partial charge in [-0.1, -0.05) is 6.42 Å². The van der Waals surface area contributed by atoms with Gasteiger partial charge in [-0.15, -0.1) is 0 Å². The van der Waals surface area contributed by atoms with E-state index in [1.54, 1.807) is 0 Å². The van der Waals surface area contributed by atoms with Crippen LogP contribution in [0.4, 0.5) is 10.2 Å². The molecule has 70 valence electrons. The maximum Gasteiger partial charge on any atom is 0.188 e. The zero-order chi connectivity index (χ0) is 9.05. The van der Waals surface area contributed by atoms with Crippen molar-refractivity contribution in [3.8, 4) is 0 Å². The molecule has 0 unspecified atom stereocenters. The van der Waals surface area contributed by atoms with Crippen molar-refractivity contribution in [1.29, 1.82) is 0 Å². The summed E-state index contributed by atoms with van der Waals surface area (Å²) in [5.74, 6) is 0.383. The maximum absolute atomic E-state index is 13.5. The number of fused-ring (bicyclic) bond motifs is 1. The van der Waals surface area contributed by atoms with Crippen LogP contribution in [0.2, 0.25) is 0 Å². The number of hydrogen-bond donors (Lipinski definition) is 2. The average molecular weight is 181 g/mol. The van der Waals surface area contributed by atoms with Crippen LogP contribution in [0.1, 0.15) is 31.4 Å². The summed E-state index contributed by atoms with van der Waals surface area (Å²) in [7, 11) is 0. The smallest absolute Gasteiger partial charge is 0.188 e. The van der Waals surface area contributed by atoms with E-state index in [4.69, 9.17) is 5.73 Å². The topological polar surface area (TPSA) is 54.7 Å². The van der Waals surface area contributed by atoms with E-state index in [-0.39, 0.29) is 17.1 Å². The number of nitrogens with zero attached hydrogens (tertiary/aromatic N) is 1. The van der Waals surface area contributed by atoms with Gasteiger partial charge in [0, 0.05) is 5.41 Å². The molecule has 13 heavy (non-hydrogen) atoms. The largest absolute Gasteiger partial charge is 0.380 e. The zero-order valence-electron chi connectivity index (χ0n) is 7.31. The van der Waals surface area contributed by atoms with E-state index in [1.165, 1.54) is 12.8 Å². The summed E-state index contributed by atoms with van der Waals surface area (Å²) in [6, 6.07) is 0. The predicted molar refractivity (Wildman–Crippen MR) is 46.6 cm³/mol. The summed E-state index contributed by atoms with van der Waals surface area (Å²) in [5, 5.41) is 6.46. The lowest BCUT2D eigenvalue weighted by molar-refractivity contribution is 0.554. The van der Waals surface area contributed by atoms with Crippen molar-refractivity contribution >= 4 is 5.82 Å². The Balaban J connectivity index is 2.05. The third-order valence-corrected chi connectivity index (χ3v) is 3.64. The first-order chi connectivity index (χ1) is 6.24. The number of nitrogens with two attached hydrogens (primary N) is 1. The van der Waals surface area contributed by atoms with E-state index in [2.05, 4.69) is 10.2 Å². The Morgan fingerprint density at radius 3 is 2.92 bits per heavy atom. The standard InChI is InChI=1S/C9H12FN3/c10-6-7(12-13-8(6)11)9-3-1-2-5(9)4-9/h5H,1-4H2,(H3,11,12,13)/t5-,9-/m1/s1. The summed E-state index contributed by atoms with van der Waals surface area (Å²) in [6.07, 6.45) is 4.66. The van der Waals surface area contributed by atoms with E-state index < -0.39 is 0 Å². The van der Waals surface area contributed by atoms with Gasteiger partial charge >= 0.3 is 0 Å². The molecular weight excluding hydrogens is 169 g/mol. The Labute approximate surface area is 75.5 Å². The van der Waals surface area contributed by atoms with Crippen LogP contribution >= 0.6 is 0 Å². The summed E-state index contributed by atoms with van der Waals surface area (Å²) in [6.45, 7) is 0. The van der Waals surface area contributed by atoms with E-state index in [0.717, 1.165) is 12.8 Å². The fourth-order valence-electron chi connectivity index (χ4n) is 2.83. The Hall–Kier alpha value is -1.06. The van der Waals surface area contributed by atoms with Gasteiger partial charge in [-0.25, -0.2) is 4.39 Å². The van der Waals surface area contributed by atoms with E-state index in [0.29, 0.717) is 11.6 Å². The van der Waals surface area contributed by atoms with Crippen LogP contribution in [-0.2, 0) is 5.41 Å². The SMILES string of the molecule is Nc1n[nH]c([C@@]23CCC[C@@H]2C3)c1F. The fourth-order valence-corrected chi connectivity index (χ4v) is 2.83. The molecule has 0 saturated heterocycles. The molecule has 3 rings (SSSR count). The maximum atomic E-state index is 13.5. The van der Waals surface area contributed by atoms with Gasteiger partial charge < -0.3 is 5.73 Å². The number of hydrogen-bond acceptors (Lipinski definition) is 2. The number of anilines is 1. The summed E-state index contributed by atoms with van der Waals surface area (Å²) < 4.78 is 13.5. The minimum Gasteiger partial charge on any atom is -0.380 e. The van der Waals surface area contributed by atoms with Crippen LogP contribution in [0.25, 0.3) is 0 Å². The van der Waals surface area contributed by atoms with Gasteiger partial charge in [-0.3, -0.25) is 5.10 Å². The molecule has 0 bridgehead atoms. The second-order valence-electron chi connectivity index (χ2n) is 4.25. The van der Waals surface area contributed by atoms with Crippen LogP contribution in [0, 0.1) is 11.7 Å². The molecule has 0 aromatic carbocycles. The molecule has 2 saturated carbocycles. The van der Waals surface area contributed by atoms with Crippen molar-refractivity contribution in [2.45, 2.75) is 31.1 Å². The molecule has 0 spiro atoms. The van der Waals surface area contributed by atoms with Crippen molar-refractivity contribution in [2.75, 3.05) is 5.73 Å². The first-order valence-corrected chi connectivity index (χ1v) is 4.74. The molecule has 3 nitrogen and oxygen atoms in total. The van der Waals surface area contributed by atoms with Crippen molar-refractivity contribution in [3.05, 3.63) is 11.5 Å². The molecule has 2 fully saturated rings. The molecule has 2 aliphatic rings. The van der Waals surface area contributed by atoms with Crippen molar-refractivity contribution in [2.24, 2.45) is 5.92 Å². The van der Waals surface area contributed by atoms with Gasteiger partial charge in [0.25, 0.3) is 0 Å². The molecule has 2 atom stereocenters. The Morgan fingerprint density at radius 2 is 2.46 bits per heavy atom. The molecular formula is C9H12FN3. The number of rotatable bonds is 1. The molecule has 0 radical (unpaired) electrons. The van der Waals surface area contributed by atoms with Gasteiger partial charge in [-0.2, -0.15) is 5.10 Å². The third-order valence-electron chi connectivity index (χ3n) is 3.64. The van der Waals surface area contributed by atoms with Gasteiger partial charge in [0.2, 0.25) is 0 Å².